The fourth-order valence-corrected chi connectivity index (χ4v) is 3.09. The number of ether oxygens (including phenoxy) is 4. The SMILES string of the molecule is COc1ccc(Cl)c(N=NC(C(C)=O)C(=O)N(Cl)c2c(OC)cccc2OC)c1OC. The van der Waals surface area contributed by atoms with Gasteiger partial charge in [0.05, 0.1) is 33.5 Å². The molecule has 1 amide bonds. The lowest BCUT2D eigenvalue weighted by atomic mass is 10.2. The number of carbonyl (C=O) groups excluding carboxylic acids is 2. The van der Waals surface area contributed by atoms with Gasteiger partial charge in [-0.05, 0) is 31.2 Å². The van der Waals surface area contributed by atoms with Gasteiger partial charge in [0.15, 0.2) is 17.3 Å². The molecule has 0 aliphatic rings. The van der Waals surface area contributed by atoms with E-state index >= 15 is 0 Å². The van der Waals surface area contributed by atoms with Gasteiger partial charge in [0.1, 0.15) is 22.9 Å². The molecule has 2 aromatic rings. The minimum Gasteiger partial charge on any atom is -0.494 e. The Hall–Kier alpha value is -3.04. The van der Waals surface area contributed by atoms with Gasteiger partial charge >= 0.3 is 0 Å². The van der Waals surface area contributed by atoms with Gasteiger partial charge in [-0.25, -0.2) is 4.42 Å². The Bertz CT molecular complexity index is 977. The molecule has 11 heteroatoms. The zero-order chi connectivity index (χ0) is 23.1. The first-order chi connectivity index (χ1) is 14.8. The summed E-state index contributed by atoms with van der Waals surface area (Å²) >= 11 is 12.5. The smallest absolute Gasteiger partial charge is 0.276 e. The highest BCUT2D eigenvalue weighted by molar-refractivity contribution is 6.40. The molecule has 0 aliphatic heterocycles. The summed E-state index contributed by atoms with van der Waals surface area (Å²) in [6.45, 7) is 1.19. The van der Waals surface area contributed by atoms with Gasteiger partial charge < -0.3 is 18.9 Å². The van der Waals surface area contributed by atoms with Crippen molar-refractivity contribution >= 4 is 46.4 Å². The fourth-order valence-electron chi connectivity index (χ4n) is 2.64. The summed E-state index contributed by atoms with van der Waals surface area (Å²) in [6.07, 6.45) is 0. The van der Waals surface area contributed by atoms with E-state index < -0.39 is 17.7 Å². The number of rotatable bonds is 9. The van der Waals surface area contributed by atoms with Gasteiger partial charge in [0, 0.05) is 11.8 Å². The van der Waals surface area contributed by atoms with E-state index in [2.05, 4.69) is 10.2 Å². The lowest BCUT2D eigenvalue weighted by Crippen LogP contribution is -2.36. The minimum atomic E-state index is -1.56. The number of halogens is 2. The molecule has 2 rings (SSSR count). The van der Waals surface area contributed by atoms with Gasteiger partial charge in [-0.1, -0.05) is 17.7 Å². The maximum Gasteiger partial charge on any atom is 0.276 e. The highest BCUT2D eigenvalue weighted by Crippen LogP contribution is 2.43. The molecule has 0 saturated heterocycles. The van der Waals surface area contributed by atoms with Gasteiger partial charge in [-0.2, -0.15) is 5.11 Å². The Kier molecular flexibility index (Phi) is 8.47. The molecule has 0 radical (unpaired) electrons. The van der Waals surface area contributed by atoms with Crippen LogP contribution in [-0.4, -0.2) is 46.2 Å². The maximum absolute atomic E-state index is 13.0. The average Bonchev–Trinajstić information content (AvgIpc) is 2.78. The van der Waals surface area contributed by atoms with Crippen LogP contribution in [0.3, 0.4) is 0 Å². The normalized spacial score (nSPS) is 11.7. The molecule has 1 atom stereocenters. The van der Waals surface area contributed by atoms with E-state index in [-0.39, 0.29) is 33.6 Å². The van der Waals surface area contributed by atoms with Crippen molar-refractivity contribution in [2.75, 3.05) is 32.9 Å². The quantitative estimate of drug-likeness (QED) is 0.302. The molecule has 0 aliphatic carbocycles. The van der Waals surface area contributed by atoms with E-state index in [1.165, 1.54) is 41.4 Å². The second kappa shape index (κ2) is 10.8. The monoisotopic (exact) mass is 469 g/mol. The number of hydrogen-bond acceptors (Lipinski definition) is 8. The second-order valence-electron chi connectivity index (χ2n) is 5.99. The van der Waals surface area contributed by atoms with Crippen molar-refractivity contribution < 1.29 is 28.5 Å². The number of methoxy groups -OCH3 is 4. The third-order valence-corrected chi connectivity index (χ3v) is 4.79. The number of ketones is 1. The van der Waals surface area contributed by atoms with Crippen molar-refractivity contribution in [3.8, 4) is 23.0 Å². The van der Waals surface area contributed by atoms with E-state index in [0.29, 0.717) is 10.2 Å². The number of benzene rings is 2. The molecule has 9 nitrogen and oxygen atoms in total. The molecule has 0 bridgehead atoms. The summed E-state index contributed by atoms with van der Waals surface area (Å²) in [5.41, 5.74) is 0.219. The molecule has 0 saturated carbocycles. The summed E-state index contributed by atoms with van der Waals surface area (Å²) in [6, 6.07) is 6.39. The molecule has 0 heterocycles. The molecule has 0 fully saturated rings. The summed E-state index contributed by atoms with van der Waals surface area (Å²) in [4.78, 5) is 25.2. The molecular formula is C20H21Cl2N3O6. The predicted molar refractivity (Wildman–Crippen MR) is 116 cm³/mol. The van der Waals surface area contributed by atoms with Crippen molar-refractivity contribution in [2.24, 2.45) is 10.2 Å². The summed E-state index contributed by atoms with van der Waals surface area (Å²) in [7, 11) is 5.66. The summed E-state index contributed by atoms with van der Waals surface area (Å²) in [5.74, 6) is -0.379. The van der Waals surface area contributed by atoms with E-state index in [0.717, 1.165) is 0 Å². The largest absolute Gasteiger partial charge is 0.494 e. The number of Topliss-reactive ketones (excluding diaryl/α,β-unsaturated/α-hetero) is 1. The summed E-state index contributed by atoms with van der Waals surface area (Å²) in [5, 5.41) is 8.07. The highest BCUT2D eigenvalue weighted by Gasteiger charge is 2.32. The van der Waals surface area contributed by atoms with Crippen LogP contribution in [0.15, 0.2) is 40.6 Å². The third kappa shape index (κ3) is 5.18. The zero-order valence-electron chi connectivity index (χ0n) is 17.5. The average molecular weight is 470 g/mol. The van der Waals surface area contributed by atoms with Crippen LogP contribution in [0.1, 0.15) is 6.92 Å². The van der Waals surface area contributed by atoms with Crippen LogP contribution in [0.2, 0.25) is 5.02 Å². The molecular weight excluding hydrogens is 449 g/mol. The highest BCUT2D eigenvalue weighted by atomic mass is 35.5. The molecule has 1 unspecified atom stereocenters. The maximum atomic E-state index is 13.0. The standard InChI is InChI=1S/C20H21Cl2N3O6/c1-11(26)16(23-24-17-12(21)9-10-15(30-4)19(17)31-5)20(27)25(22)18-13(28-2)7-6-8-14(18)29-3/h6-10,16H,1-5H3. The summed E-state index contributed by atoms with van der Waals surface area (Å²) < 4.78 is 21.7. The van der Waals surface area contributed by atoms with E-state index in [4.69, 9.17) is 42.3 Å². The number of hydrogen-bond donors (Lipinski definition) is 0. The molecule has 2 aromatic carbocycles. The Balaban J connectivity index is 2.47. The number of carbonyl (C=O) groups is 2. The van der Waals surface area contributed by atoms with Crippen molar-refractivity contribution in [1.29, 1.82) is 0 Å². The van der Waals surface area contributed by atoms with Crippen LogP contribution in [0.4, 0.5) is 11.4 Å². The Morgan fingerprint density at radius 3 is 2.00 bits per heavy atom. The molecule has 0 spiro atoms. The van der Waals surface area contributed by atoms with E-state index in [1.807, 2.05) is 0 Å². The van der Waals surface area contributed by atoms with Gasteiger partial charge in [0.25, 0.3) is 5.91 Å². The van der Waals surface area contributed by atoms with Crippen LogP contribution in [0.5, 0.6) is 23.0 Å². The van der Waals surface area contributed by atoms with Crippen LogP contribution >= 0.6 is 23.4 Å². The first-order valence-corrected chi connectivity index (χ1v) is 9.54. The van der Waals surface area contributed by atoms with Gasteiger partial charge in [-0.3, -0.25) is 9.59 Å². The molecule has 0 aromatic heterocycles. The van der Waals surface area contributed by atoms with Crippen LogP contribution in [0.25, 0.3) is 0 Å². The topological polar surface area (TPSA) is 99.0 Å². The second-order valence-corrected chi connectivity index (χ2v) is 6.74. The Morgan fingerprint density at radius 1 is 0.935 bits per heavy atom. The van der Waals surface area contributed by atoms with Crippen molar-refractivity contribution in [1.82, 2.24) is 0 Å². The first-order valence-electron chi connectivity index (χ1n) is 8.83. The number of anilines is 1. The van der Waals surface area contributed by atoms with Crippen LogP contribution in [-0.2, 0) is 9.59 Å². The van der Waals surface area contributed by atoms with E-state index in [9.17, 15) is 9.59 Å². The number of amides is 1. The molecule has 166 valence electrons. The van der Waals surface area contributed by atoms with Gasteiger partial charge in [0.2, 0.25) is 6.04 Å². The van der Waals surface area contributed by atoms with Crippen LogP contribution in [0, 0.1) is 0 Å². The Labute approximate surface area is 189 Å². The number of azo groups is 1. The third-order valence-electron chi connectivity index (χ3n) is 4.15. The first kappa shape index (κ1) is 24.2. The molecule has 31 heavy (non-hydrogen) atoms. The number of nitrogens with zero attached hydrogens (tertiary/aromatic N) is 3. The van der Waals surface area contributed by atoms with Gasteiger partial charge in [-0.15, -0.1) is 5.11 Å². The Morgan fingerprint density at radius 2 is 1.52 bits per heavy atom. The minimum absolute atomic E-state index is 0.0959. The fraction of sp³-hybridized carbons (Fsp3) is 0.300. The van der Waals surface area contributed by atoms with Crippen molar-refractivity contribution in [2.45, 2.75) is 13.0 Å². The molecule has 0 N–H and O–H groups in total. The van der Waals surface area contributed by atoms with Crippen molar-refractivity contribution in [3.63, 3.8) is 0 Å². The van der Waals surface area contributed by atoms with E-state index in [1.54, 1.807) is 24.3 Å². The predicted octanol–water partition coefficient (Wildman–Crippen LogP) is 4.60. The number of para-hydroxylation sites is 1. The zero-order valence-corrected chi connectivity index (χ0v) is 19.0. The lowest BCUT2D eigenvalue weighted by molar-refractivity contribution is -0.126. The van der Waals surface area contributed by atoms with Crippen LogP contribution < -0.4 is 23.4 Å². The lowest BCUT2D eigenvalue weighted by Gasteiger charge is -2.21. The van der Waals surface area contributed by atoms with Crippen molar-refractivity contribution in [3.05, 3.63) is 35.4 Å².